The van der Waals surface area contributed by atoms with Crippen molar-refractivity contribution in [1.82, 2.24) is 4.98 Å². The van der Waals surface area contributed by atoms with Crippen molar-refractivity contribution in [2.45, 2.75) is 46.0 Å². The molecule has 0 aliphatic carbocycles. The smallest absolute Gasteiger partial charge is 0.125 e. The van der Waals surface area contributed by atoms with Gasteiger partial charge in [0.25, 0.3) is 0 Å². The van der Waals surface area contributed by atoms with E-state index in [2.05, 4.69) is 50.1 Å². The zero-order valence-corrected chi connectivity index (χ0v) is 12.6. The Morgan fingerprint density at radius 1 is 1.26 bits per heavy atom. The van der Waals surface area contributed by atoms with Gasteiger partial charge >= 0.3 is 0 Å². The highest BCUT2D eigenvalue weighted by Gasteiger charge is 2.27. The molecule has 1 N–H and O–H groups in total. The predicted octanol–water partition coefficient (Wildman–Crippen LogP) is 3.61. The number of anilines is 1. The quantitative estimate of drug-likeness (QED) is 0.903. The van der Waals surface area contributed by atoms with Crippen LogP contribution < -0.4 is 5.32 Å². The standard InChI is InChI=1S/C16H26N2O/c1-15(2,3)13-5-6-14(17-11-13)18-12-16(4)7-9-19-10-8-16/h5-6,11H,7-10,12H2,1-4H3,(H,17,18). The van der Waals surface area contributed by atoms with Crippen LogP contribution in [-0.2, 0) is 10.2 Å². The summed E-state index contributed by atoms with van der Waals surface area (Å²) in [6, 6.07) is 4.25. The van der Waals surface area contributed by atoms with Crippen molar-refractivity contribution in [3.05, 3.63) is 23.9 Å². The molecule has 0 aromatic carbocycles. The van der Waals surface area contributed by atoms with Crippen LogP contribution in [0.25, 0.3) is 0 Å². The molecule has 1 aromatic rings. The highest BCUT2D eigenvalue weighted by atomic mass is 16.5. The van der Waals surface area contributed by atoms with Gasteiger partial charge in [0.05, 0.1) is 0 Å². The Morgan fingerprint density at radius 2 is 1.95 bits per heavy atom. The van der Waals surface area contributed by atoms with Gasteiger partial charge in [0.15, 0.2) is 0 Å². The van der Waals surface area contributed by atoms with Crippen LogP contribution in [0.5, 0.6) is 0 Å². The van der Waals surface area contributed by atoms with Gasteiger partial charge in [-0.1, -0.05) is 33.8 Å². The molecule has 0 amide bonds. The van der Waals surface area contributed by atoms with Gasteiger partial charge in [-0.25, -0.2) is 4.98 Å². The van der Waals surface area contributed by atoms with E-state index in [0.717, 1.165) is 38.4 Å². The number of rotatable bonds is 3. The molecule has 2 heterocycles. The van der Waals surface area contributed by atoms with E-state index in [0.29, 0.717) is 5.41 Å². The first-order chi connectivity index (χ1) is 8.89. The molecule has 1 aliphatic rings. The summed E-state index contributed by atoms with van der Waals surface area (Å²) in [6.07, 6.45) is 4.23. The van der Waals surface area contributed by atoms with E-state index in [-0.39, 0.29) is 5.41 Å². The Labute approximate surface area is 116 Å². The van der Waals surface area contributed by atoms with E-state index < -0.39 is 0 Å². The minimum Gasteiger partial charge on any atom is -0.381 e. The molecule has 3 nitrogen and oxygen atoms in total. The van der Waals surface area contributed by atoms with Crippen LogP contribution >= 0.6 is 0 Å². The SMILES string of the molecule is CC1(CNc2ccc(C(C)(C)C)cn2)CCOCC1. The number of hydrogen-bond donors (Lipinski definition) is 1. The number of pyridine rings is 1. The molecule has 19 heavy (non-hydrogen) atoms. The zero-order chi connectivity index (χ0) is 13.9. The van der Waals surface area contributed by atoms with Crippen molar-refractivity contribution in [1.29, 1.82) is 0 Å². The molecule has 2 rings (SSSR count). The van der Waals surface area contributed by atoms with Crippen molar-refractivity contribution in [2.24, 2.45) is 5.41 Å². The molecule has 1 saturated heterocycles. The molecule has 0 unspecified atom stereocenters. The maximum atomic E-state index is 5.43. The lowest BCUT2D eigenvalue weighted by molar-refractivity contribution is 0.0300. The summed E-state index contributed by atoms with van der Waals surface area (Å²) < 4.78 is 5.43. The van der Waals surface area contributed by atoms with Crippen molar-refractivity contribution in [3.63, 3.8) is 0 Å². The molecular formula is C16H26N2O. The molecule has 1 aromatic heterocycles. The molecule has 106 valence electrons. The van der Waals surface area contributed by atoms with E-state index >= 15 is 0 Å². The predicted molar refractivity (Wildman–Crippen MR) is 79.6 cm³/mol. The van der Waals surface area contributed by atoms with Crippen molar-refractivity contribution in [2.75, 3.05) is 25.1 Å². The lowest BCUT2D eigenvalue weighted by atomic mass is 9.82. The fourth-order valence-electron chi connectivity index (χ4n) is 2.29. The fourth-order valence-corrected chi connectivity index (χ4v) is 2.29. The summed E-state index contributed by atoms with van der Waals surface area (Å²) in [6.45, 7) is 11.7. The van der Waals surface area contributed by atoms with Gasteiger partial charge in [-0.15, -0.1) is 0 Å². The molecule has 0 spiro atoms. The van der Waals surface area contributed by atoms with E-state index in [1.54, 1.807) is 0 Å². The highest BCUT2D eigenvalue weighted by Crippen LogP contribution is 2.30. The van der Waals surface area contributed by atoms with E-state index in [1.807, 2.05) is 6.20 Å². The second kappa shape index (κ2) is 5.49. The Morgan fingerprint density at radius 3 is 2.47 bits per heavy atom. The Balaban J connectivity index is 1.93. The average molecular weight is 262 g/mol. The van der Waals surface area contributed by atoms with Crippen molar-refractivity contribution in [3.8, 4) is 0 Å². The molecule has 0 radical (unpaired) electrons. The second-order valence-electron chi connectivity index (χ2n) is 6.96. The number of nitrogens with zero attached hydrogens (tertiary/aromatic N) is 1. The number of hydrogen-bond acceptors (Lipinski definition) is 3. The molecular weight excluding hydrogens is 236 g/mol. The largest absolute Gasteiger partial charge is 0.381 e. The third kappa shape index (κ3) is 3.93. The first-order valence-electron chi connectivity index (χ1n) is 7.17. The fraction of sp³-hybridized carbons (Fsp3) is 0.688. The molecule has 3 heteroatoms. The molecule has 1 aliphatic heterocycles. The van der Waals surface area contributed by atoms with Gasteiger partial charge in [-0.05, 0) is 35.3 Å². The average Bonchev–Trinajstić information content (AvgIpc) is 2.37. The Hall–Kier alpha value is -1.09. The van der Waals surface area contributed by atoms with Crippen LogP contribution in [0, 0.1) is 5.41 Å². The zero-order valence-electron chi connectivity index (χ0n) is 12.6. The summed E-state index contributed by atoms with van der Waals surface area (Å²) in [5, 5.41) is 3.47. The summed E-state index contributed by atoms with van der Waals surface area (Å²) in [5.74, 6) is 0.973. The van der Waals surface area contributed by atoms with E-state index in [9.17, 15) is 0 Å². The number of nitrogens with one attached hydrogen (secondary N) is 1. The molecule has 0 bridgehead atoms. The van der Waals surface area contributed by atoms with E-state index in [1.165, 1.54) is 5.56 Å². The first kappa shape index (κ1) is 14.3. The highest BCUT2D eigenvalue weighted by molar-refractivity contribution is 5.37. The summed E-state index contributed by atoms with van der Waals surface area (Å²) in [5.41, 5.74) is 1.77. The minimum atomic E-state index is 0.165. The van der Waals surface area contributed by atoms with Gasteiger partial charge in [-0.2, -0.15) is 0 Å². The summed E-state index contributed by atoms with van der Waals surface area (Å²) >= 11 is 0. The van der Waals surface area contributed by atoms with Gasteiger partial charge in [-0.3, -0.25) is 0 Å². The molecule has 0 saturated carbocycles. The van der Waals surface area contributed by atoms with Gasteiger partial charge in [0.2, 0.25) is 0 Å². The summed E-state index contributed by atoms with van der Waals surface area (Å²) in [7, 11) is 0. The monoisotopic (exact) mass is 262 g/mol. The van der Waals surface area contributed by atoms with Crippen LogP contribution in [0.1, 0.15) is 46.1 Å². The topological polar surface area (TPSA) is 34.2 Å². The van der Waals surface area contributed by atoms with Gasteiger partial charge in [0, 0.05) is 26.0 Å². The minimum absolute atomic E-state index is 0.165. The second-order valence-corrected chi connectivity index (χ2v) is 6.96. The van der Waals surface area contributed by atoms with Crippen LogP contribution in [-0.4, -0.2) is 24.7 Å². The molecule has 1 fully saturated rings. The third-order valence-corrected chi connectivity index (χ3v) is 4.03. The van der Waals surface area contributed by atoms with Crippen LogP contribution in [0.4, 0.5) is 5.82 Å². The lowest BCUT2D eigenvalue weighted by Gasteiger charge is -2.33. The first-order valence-corrected chi connectivity index (χ1v) is 7.17. The third-order valence-electron chi connectivity index (χ3n) is 4.03. The summed E-state index contributed by atoms with van der Waals surface area (Å²) in [4.78, 5) is 4.52. The molecule has 0 atom stereocenters. The lowest BCUT2D eigenvalue weighted by Crippen LogP contribution is -2.33. The van der Waals surface area contributed by atoms with Crippen LogP contribution in [0.3, 0.4) is 0 Å². The Kier molecular flexibility index (Phi) is 4.14. The van der Waals surface area contributed by atoms with Gasteiger partial charge < -0.3 is 10.1 Å². The van der Waals surface area contributed by atoms with Crippen molar-refractivity contribution >= 4 is 5.82 Å². The van der Waals surface area contributed by atoms with Crippen LogP contribution in [0.2, 0.25) is 0 Å². The number of aromatic nitrogens is 1. The van der Waals surface area contributed by atoms with E-state index in [4.69, 9.17) is 4.74 Å². The maximum absolute atomic E-state index is 5.43. The Bertz CT molecular complexity index is 400. The number of ether oxygens (including phenoxy) is 1. The van der Waals surface area contributed by atoms with Crippen LogP contribution in [0.15, 0.2) is 18.3 Å². The maximum Gasteiger partial charge on any atom is 0.125 e. The van der Waals surface area contributed by atoms with Gasteiger partial charge in [0.1, 0.15) is 5.82 Å². The normalized spacial score (nSPS) is 19.2. The van der Waals surface area contributed by atoms with Crippen molar-refractivity contribution < 1.29 is 4.74 Å².